The van der Waals surface area contributed by atoms with E-state index in [4.69, 9.17) is 12.2 Å². The van der Waals surface area contributed by atoms with Crippen LogP contribution in [-0.4, -0.2) is 48.6 Å². The van der Waals surface area contributed by atoms with Crippen molar-refractivity contribution in [3.63, 3.8) is 0 Å². The van der Waals surface area contributed by atoms with Crippen LogP contribution in [0.3, 0.4) is 0 Å². The molecule has 6 heteroatoms. The number of thiocarbonyl (C=S) groups is 1. The Balaban J connectivity index is 2.15. The van der Waals surface area contributed by atoms with Crippen molar-refractivity contribution in [1.29, 1.82) is 0 Å². The third kappa shape index (κ3) is 2.10. The minimum absolute atomic E-state index is 0.0150. The maximum atomic E-state index is 11.5. The number of fused-ring (bicyclic) bond motifs is 1. The zero-order valence-corrected chi connectivity index (χ0v) is 10.6. The molecule has 4 nitrogen and oxygen atoms in total. The summed E-state index contributed by atoms with van der Waals surface area (Å²) in [4.78, 5) is 2.04. The predicted molar refractivity (Wildman–Crippen MR) is 63.5 cm³/mol. The van der Waals surface area contributed by atoms with E-state index in [0.717, 1.165) is 6.54 Å². The van der Waals surface area contributed by atoms with Gasteiger partial charge in [-0.2, -0.15) is 0 Å². The van der Waals surface area contributed by atoms with Crippen molar-refractivity contribution >= 4 is 27.2 Å². The van der Waals surface area contributed by atoms with E-state index < -0.39 is 9.84 Å². The maximum absolute atomic E-state index is 11.5. The number of hydrogen-bond acceptors (Lipinski definition) is 3. The first-order valence-electron chi connectivity index (χ1n) is 5.16. The molecule has 2 atom stereocenters. The van der Waals surface area contributed by atoms with Gasteiger partial charge in [0, 0.05) is 6.54 Å². The number of sulfone groups is 1. The van der Waals surface area contributed by atoms with E-state index in [1.54, 1.807) is 0 Å². The Labute approximate surface area is 95.9 Å². The average Bonchev–Trinajstić information content (AvgIpc) is 2.47. The summed E-state index contributed by atoms with van der Waals surface area (Å²) >= 11 is 5.21. The van der Waals surface area contributed by atoms with Gasteiger partial charge in [0.15, 0.2) is 14.9 Å². The first-order valence-corrected chi connectivity index (χ1v) is 7.39. The lowest BCUT2D eigenvalue weighted by Crippen LogP contribution is -2.39. The normalized spacial score (nSPS) is 33.3. The van der Waals surface area contributed by atoms with Crippen LogP contribution >= 0.6 is 12.2 Å². The summed E-state index contributed by atoms with van der Waals surface area (Å²) in [7, 11) is -2.86. The van der Waals surface area contributed by atoms with Gasteiger partial charge in [0.2, 0.25) is 0 Å². The Bertz CT molecular complexity index is 378. The van der Waals surface area contributed by atoms with Gasteiger partial charge in [0.1, 0.15) is 0 Å². The molecular weight excluding hydrogens is 232 g/mol. The molecule has 0 aliphatic carbocycles. The lowest BCUT2D eigenvalue weighted by Gasteiger charge is -2.24. The molecule has 0 aromatic heterocycles. The fraction of sp³-hybridized carbons (Fsp3) is 0.889. The van der Waals surface area contributed by atoms with Crippen molar-refractivity contribution in [2.24, 2.45) is 5.92 Å². The Morgan fingerprint density at radius 2 is 2.20 bits per heavy atom. The molecule has 0 aromatic rings. The highest BCUT2D eigenvalue weighted by Gasteiger charge is 2.46. The number of rotatable bonds is 2. The molecule has 2 saturated heterocycles. The molecule has 0 bridgehead atoms. The smallest absolute Gasteiger partial charge is 0.169 e. The van der Waals surface area contributed by atoms with E-state index in [0.29, 0.717) is 11.0 Å². The second-order valence-corrected chi connectivity index (χ2v) is 7.29. The van der Waals surface area contributed by atoms with Gasteiger partial charge in [-0.15, -0.1) is 0 Å². The Morgan fingerprint density at radius 3 is 2.80 bits per heavy atom. The Kier molecular flexibility index (Phi) is 2.66. The van der Waals surface area contributed by atoms with Crippen molar-refractivity contribution in [3.05, 3.63) is 0 Å². The van der Waals surface area contributed by atoms with Crippen molar-refractivity contribution in [3.8, 4) is 0 Å². The third-order valence-electron chi connectivity index (χ3n) is 2.85. The number of hydrogen-bond donors (Lipinski definition) is 1. The van der Waals surface area contributed by atoms with E-state index in [1.807, 2.05) is 4.90 Å². The van der Waals surface area contributed by atoms with Gasteiger partial charge in [0.05, 0.1) is 23.6 Å². The molecule has 15 heavy (non-hydrogen) atoms. The summed E-state index contributed by atoms with van der Waals surface area (Å²) in [5.41, 5.74) is 0. The molecule has 2 heterocycles. The molecule has 0 amide bonds. The zero-order valence-electron chi connectivity index (χ0n) is 8.93. The fourth-order valence-corrected chi connectivity index (χ4v) is 4.56. The van der Waals surface area contributed by atoms with Crippen LogP contribution in [0.5, 0.6) is 0 Å². The van der Waals surface area contributed by atoms with Gasteiger partial charge >= 0.3 is 0 Å². The monoisotopic (exact) mass is 248 g/mol. The summed E-state index contributed by atoms with van der Waals surface area (Å²) in [6, 6.07) is 0.0751. The SMILES string of the molecule is CC(C)CN1C(=S)NC2CS(=O)(=O)CC21. The fourth-order valence-electron chi connectivity index (χ4n) is 2.28. The first kappa shape index (κ1) is 11.1. The molecule has 0 saturated carbocycles. The second kappa shape index (κ2) is 3.59. The predicted octanol–water partition coefficient (Wildman–Crippen LogP) is -0.00190. The van der Waals surface area contributed by atoms with Crippen LogP contribution in [0, 0.1) is 5.92 Å². The summed E-state index contributed by atoms with van der Waals surface area (Å²) in [5.74, 6) is 0.969. The first-order chi connectivity index (χ1) is 6.89. The standard InChI is InChI=1S/C9H16N2O2S2/c1-6(2)3-11-8-5-15(12,13)4-7(8)10-9(11)14/h6-8H,3-5H2,1-2H3,(H,10,14). The quantitative estimate of drug-likeness (QED) is 0.697. The van der Waals surface area contributed by atoms with E-state index >= 15 is 0 Å². The van der Waals surface area contributed by atoms with Crippen LogP contribution in [0.15, 0.2) is 0 Å². The van der Waals surface area contributed by atoms with Gasteiger partial charge in [0.25, 0.3) is 0 Å². The molecule has 0 radical (unpaired) electrons. The summed E-state index contributed by atoms with van der Waals surface area (Å²) < 4.78 is 22.9. The molecule has 1 N–H and O–H groups in total. The van der Waals surface area contributed by atoms with Crippen LogP contribution in [-0.2, 0) is 9.84 Å². The van der Waals surface area contributed by atoms with Crippen LogP contribution in [0.25, 0.3) is 0 Å². The Morgan fingerprint density at radius 1 is 1.53 bits per heavy atom. The van der Waals surface area contributed by atoms with Crippen molar-refractivity contribution in [2.45, 2.75) is 25.9 Å². The second-order valence-electron chi connectivity index (χ2n) is 4.75. The van der Waals surface area contributed by atoms with Crippen LogP contribution in [0.2, 0.25) is 0 Å². The van der Waals surface area contributed by atoms with Crippen molar-refractivity contribution in [1.82, 2.24) is 10.2 Å². The molecule has 2 aliphatic rings. The van der Waals surface area contributed by atoms with Crippen LogP contribution in [0.1, 0.15) is 13.8 Å². The molecule has 2 rings (SSSR count). The Hall–Kier alpha value is -0.360. The highest BCUT2D eigenvalue weighted by atomic mass is 32.2. The molecule has 2 aliphatic heterocycles. The van der Waals surface area contributed by atoms with Gasteiger partial charge < -0.3 is 10.2 Å². The topological polar surface area (TPSA) is 49.4 Å². The molecule has 2 unspecified atom stereocenters. The van der Waals surface area contributed by atoms with Gasteiger partial charge in [-0.05, 0) is 18.1 Å². The van der Waals surface area contributed by atoms with E-state index in [-0.39, 0.29) is 23.6 Å². The van der Waals surface area contributed by atoms with E-state index in [9.17, 15) is 8.42 Å². The van der Waals surface area contributed by atoms with Gasteiger partial charge in [-0.3, -0.25) is 0 Å². The third-order valence-corrected chi connectivity index (χ3v) is 4.92. The van der Waals surface area contributed by atoms with Crippen molar-refractivity contribution < 1.29 is 8.42 Å². The molecule has 2 fully saturated rings. The lowest BCUT2D eigenvalue weighted by atomic mass is 10.1. The minimum Gasteiger partial charge on any atom is -0.357 e. The summed E-state index contributed by atoms with van der Waals surface area (Å²) in [6.45, 7) is 5.06. The average molecular weight is 248 g/mol. The number of nitrogens with one attached hydrogen (secondary N) is 1. The highest BCUT2D eigenvalue weighted by Crippen LogP contribution is 2.24. The molecule has 0 aromatic carbocycles. The van der Waals surface area contributed by atoms with Gasteiger partial charge in [-0.1, -0.05) is 13.8 Å². The van der Waals surface area contributed by atoms with Crippen LogP contribution in [0.4, 0.5) is 0 Å². The number of nitrogens with zero attached hydrogens (tertiary/aromatic N) is 1. The van der Waals surface area contributed by atoms with Gasteiger partial charge in [-0.25, -0.2) is 8.42 Å². The summed E-state index contributed by atoms with van der Waals surface area (Å²) in [6.07, 6.45) is 0. The maximum Gasteiger partial charge on any atom is 0.169 e. The lowest BCUT2D eigenvalue weighted by molar-refractivity contribution is 0.318. The largest absolute Gasteiger partial charge is 0.357 e. The van der Waals surface area contributed by atoms with Crippen LogP contribution < -0.4 is 5.32 Å². The molecular formula is C9H16N2O2S2. The molecule has 0 spiro atoms. The highest BCUT2D eigenvalue weighted by molar-refractivity contribution is 7.91. The van der Waals surface area contributed by atoms with E-state index in [1.165, 1.54) is 0 Å². The van der Waals surface area contributed by atoms with Crippen molar-refractivity contribution in [2.75, 3.05) is 18.1 Å². The molecule has 86 valence electrons. The minimum atomic E-state index is -2.86. The zero-order chi connectivity index (χ0) is 11.2. The summed E-state index contributed by atoms with van der Waals surface area (Å²) in [5, 5.41) is 3.82. The van der Waals surface area contributed by atoms with E-state index in [2.05, 4.69) is 19.2 Å².